The first kappa shape index (κ1) is 16.3. The number of nitrogens with zero attached hydrogens (tertiary/aromatic N) is 1. The summed E-state index contributed by atoms with van der Waals surface area (Å²) in [5.41, 5.74) is 1.60. The average molecular weight is 346 g/mol. The van der Waals surface area contributed by atoms with E-state index in [4.69, 9.17) is 9.47 Å². The smallest absolute Gasteiger partial charge is 0.252 e. The molecule has 1 aromatic carbocycles. The molecule has 0 saturated heterocycles. The van der Waals surface area contributed by atoms with Gasteiger partial charge in [-0.15, -0.1) is 0 Å². The molecular formula is C17H18N2O4S. The molecule has 0 aliphatic carbocycles. The van der Waals surface area contributed by atoms with Crippen molar-refractivity contribution in [2.45, 2.75) is 13.0 Å². The van der Waals surface area contributed by atoms with Gasteiger partial charge < -0.3 is 19.7 Å². The maximum absolute atomic E-state index is 12.2. The molecule has 7 heteroatoms. The van der Waals surface area contributed by atoms with Crippen molar-refractivity contribution in [1.29, 1.82) is 0 Å². The Labute approximate surface area is 144 Å². The molecule has 1 N–H and O–H groups in total. The minimum Gasteiger partial charge on any atom is -0.454 e. The summed E-state index contributed by atoms with van der Waals surface area (Å²) in [5, 5.41) is 6.38. The third-order valence-electron chi connectivity index (χ3n) is 3.69. The van der Waals surface area contributed by atoms with Gasteiger partial charge in [-0.05, 0) is 29.1 Å². The van der Waals surface area contributed by atoms with Gasteiger partial charge in [0, 0.05) is 37.5 Å². The van der Waals surface area contributed by atoms with E-state index >= 15 is 0 Å². The maximum Gasteiger partial charge on any atom is 0.252 e. The Morgan fingerprint density at radius 2 is 2.08 bits per heavy atom. The molecular weight excluding hydrogens is 328 g/mol. The molecule has 0 saturated carbocycles. The van der Waals surface area contributed by atoms with Gasteiger partial charge in [0.25, 0.3) is 5.91 Å². The first-order chi connectivity index (χ1) is 11.6. The lowest BCUT2D eigenvalue weighted by Gasteiger charge is -2.17. The van der Waals surface area contributed by atoms with Gasteiger partial charge in [0.2, 0.25) is 12.7 Å². The quantitative estimate of drug-likeness (QED) is 0.871. The summed E-state index contributed by atoms with van der Waals surface area (Å²) in [4.78, 5) is 25.6. The largest absolute Gasteiger partial charge is 0.454 e. The summed E-state index contributed by atoms with van der Waals surface area (Å²) >= 11 is 1.47. The summed E-state index contributed by atoms with van der Waals surface area (Å²) in [6, 6.07) is 7.39. The second-order valence-electron chi connectivity index (χ2n) is 5.46. The molecule has 1 aliphatic rings. The van der Waals surface area contributed by atoms with Gasteiger partial charge in [-0.2, -0.15) is 11.3 Å². The first-order valence-electron chi connectivity index (χ1n) is 7.56. The molecule has 0 fully saturated rings. The van der Waals surface area contributed by atoms with Crippen LogP contribution < -0.4 is 14.8 Å². The van der Waals surface area contributed by atoms with E-state index in [0.717, 1.165) is 11.3 Å². The lowest BCUT2D eigenvalue weighted by Crippen LogP contribution is -2.31. The molecule has 1 aromatic heterocycles. The van der Waals surface area contributed by atoms with Crippen molar-refractivity contribution in [1.82, 2.24) is 10.2 Å². The van der Waals surface area contributed by atoms with Crippen LogP contribution in [0.4, 0.5) is 0 Å². The number of benzene rings is 1. The van der Waals surface area contributed by atoms with Crippen LogP contribution in [0.25, 0.3) is 0 Å². The summed E-state index contributed by atoms with van der Waals surface area (Å²) in [6.45, 7) is 1.03. The van der Waals surface area contributed by atoms with E-state index in [9.17, 15) is 9.59 Å². The van der Waals surface area contributed by atoms with E-state index in [1.54, 1.807) is 23.4 Å². The third-order valence-corrected chi connectivity index (χ3v) is 4.37. The molecule has 0 spiro atoms. The zero-order valence-corrected chi connectivity index (χ0v) is 14.1. The summed E-state index contributed by atoms with van der Waals surface area (Å²) in [6.07, 6.45) is 0.261. The molecule has 2 amide bonds. The Kier molecular flexibility index (Phi) is 5.00. The number of amides is 2. The molecule has 0 atom stereocenters. The van der Waals surface area contributed by atoms with Crippen LogP contribution in [-0.4, -0.2) is 37.1 Å². The number of hydrogen-bond donors (Lipinski definition) is 1. The number of ether oxygens (including phenoxy) is 2. The topological polar surface area (TPSA) is 67.9 Å². The van der Waals surface area contributed by atoms with E-state index in [-0.39, 0.29) is 25.0 Å². The Hall–Kier alpha value is -2.54. The minimum absolute atomic E-state index is 0.0294. The predicted molar refractivity (Wildman–Crippen MR) is 90.3 cm³/mol. The van der Waals surface area contributed by atoms with Gasteiger partial charge in [-0.1, -0.05) is 6.07 Å². The van der Waals surface area contributed by atoms with Crippen molar-refractivity contribution in [3.63, 3.8) is 0 Å². The van der Waals surface area contributed by atoms with Crippen LogP contribution in [-0.2, 0) is 11.3 Å². The van der Waals surface area contributed by atoms with Gasteiger partial charge in [-0.3, -0.25) is 9.59 Å². The van der Waals surface area contributed by atoms with Crippen molar-refractivity contribution in [2.75, 3.05) is 20.4 Å². The molecule has 126 valence electrons. The Morgan fingerprint density at radius 3 is 2.88 bits per heavy atom. The number of thiophene rings is 1. The summed E-state index contributed by atoms with van der Waals surface area (Å²) < 4.78 is 10.6. The van der Waals surface area contributed by atoms with Crippen molar-refractivity contribution in [3.8, 4) is 11.5 Å². The van der Waals surface area contributed by atoms with E-state index in [1.165, 1.54) is 11.3 Å². The second kappa shape index (κ2) is 7.35. The van der Waals surface area contributed by atoms with Gasteiger partial charge in [0.1, 0.15) is 0 Å². The standard InChI is InChI=1S/C17H18N2O4S/c1-19(9-12-2-3-14-15(8-12)23-11-22-14)16(20)4-6-18-17(21)13-5-7-24-10-13/h2-3,5,7-8,10H,4,6,9,11H2,1H3,(H,18,21). The lowest BCUT2D eigenvalue weighted by atomic mass is 10.2. The number of hydrogen-bond acceptors (Lipinski definition) is 5. The molecule has 1 aliphatic heterocycles. The normalized spacial score (nSPS) is 12.0. The van der Waals surface area contributed by atoms with Crippen LogP contribution in [0.15, 0.2) is 35.0 Å². The fraction of sp³-hybridized carbons (Fsp3) is 0.294. The Balaban J connectivity index is 1.45. The Morgan fingerprint density at radius 1 is 1.25 bits per heavy atom. The lowest BCUT2D eigenvalue weighted by molar-refractivity contribution is -0.130. The maximum atomic E-state index is 12.2. The van der Waals surface area contributed by atoms with Crippen molar-refractivity contribution >= 4 is 23.2 Å². The highest BCUT2D eigenvalue weighted by atomic mass is 32.1. The number of fused-ring (bicyclic) bond motifs is 1. The average Bonchev–Trinajstić information content (AvgIpc) is 3.25. The van der Waals surface area contributed by atoms with E-state index in [2.05, 4.69) is 5.32 Å². The van der Waals surface area contributed by atoms with Crippen LogP contribution in [0.2, 0.25) is 0 Å². The summed E-state index contributed by atoms with van der Waals surface area (Å²) in [7, 11) is 1.74. The highest BCUT2D eigenvalue weighted by molar-refractivity contribution is 7.08. The highest BCUT2D eigenvalue weighted by Crippen LogP contribution is 2.32. The molecule has 2 heterocycles. The molecule has 6 nitrogen and oxygen atoms in total. The fourth-order valence-corrected chi connectivity index (χ4v) is 3.01. The van der Waals surface area contributed by atoms with Crippen LogP contribution in [0.3, 0.4) is 0 Å². The highest BCUT2D eigenvalue weighted by Gasteiger charge is 2.15. The van der Waals surface area contributed by atoms with Crippen LogP contribution in [0, 0.1) is 0 Å². The Bertz CT molecular complexity index is 730. The predicted octanol–water partition coefficient (Wildman–Crippen LogP) is 2.26. The third kappa shape index (κ3) is 3.86. The molecule has 0 unspecified atom stereocenters. The van der Waals surface area contributed by atoms with Crippen molar-refractivity contribution in [3.05, 3.63) is 46.2 Å². The van der Waals surface area contributed by atoms with Crippen molar-refractivity contribution < 1.29 is 19.1 Å². The zero-order chi connectivity index (χ0) is 16.9. The molecule has 24 heavy (non-hydrogen) atoms. The van der Waals surface area contributed by atoms with E-state index in [0.29, 0.717) is 24.4 Å². The van der Waals surface area contributed by atoms with Gasteiger partial charge in [-0.25, -0.2) is 0 Å². The van der Waals surface area contributed by atoms with Crippen molar-refractivity contribution in [2.24, 2.45) is 0 Å². The molecule has 3 rings (SSSR count). The van der Waals surface area contributed by atoms with Crippen LogP contribution >= 0.6 is 11.3 Å². The molecule has 0 bridgehead atoms. The minimum atomic E-state index is -0.150. The fourth-order valence-electron chi connectivity index (χ4n) is 2.37. The van der Waals surface area contributed by atoms with Gasteiger partial charge >= 0.3 is 0 Å². The van der Waals surface area contributed by atoms with Gasteiger partial charge in [0.05, 0.1) is 0 Å². The molecule has 0 radical (unpaired) electrons. The first-order valence-corrected chi connectivity index (χ1v) is 8.50. The number of rotatable bonds is 6. The van der Waals surface area contributed by atoms with Gasteiger partial charge in [0.15, 0.2) is 11.5 Å². The van der Waals surface area contributed by atoms with Crippen LogP contribution in [0.1, 0.15) is 22.3 Å². The number of carbonyl (C=O) groups is 2. The second-order valence-corrected chi connectivity index (χ2v) is 6.24. The van der Waals surface area contributed by atoms with E-state index in [1.807, 2.05) is 23.6 Å². The van der Waals surface area contributed by atoms with E-state index < -0.39 is 0 Å². The monoisotopic (exact) mass is 346 g/mol. The SMILES string of the molecule is CN(Cc1ccc2c(c1)OCO2)C(=O)CCNC(=O)c1ccsc1. The van der Waals surface area contributed by atoms with Crippen LogP contribution in [0.5, 0.6) is 11.5 Å². The number of nitrogens with one attached hydrogen (secondary N) is 1. The molecule has 2 aromatic rings. The summed E-state index contributed by atoms with van der Waals surface area (Å²) in [5.74, 6) is 1.25. The number of carbonyl (C=O) groups excluding carboxylic acids is 2. The zero-order valence-electron chi connectivity index (χ0n) is 13.3.